The van der Waals surface area contributed by atoms with Crippen molar-refractivity contribution >= 4 is 48.7 Å². The summed E-state index contributed by atoms with van der Waals surface area (Å²) in [6, 6.07) is 3.82. The number of rotatable bonds is 1. The van der Waals surface area contributed by atoms with E-state index in [1.165, 1.54) is 6.92 Å². The van der Waals surface area contributed by atoms with E-state index in [1.807, 2.05) is 12.1 Å². The third kappa shape index (κ3) is 2.08. The standard InChI is InChI=1S/C10H7Br2NO2/c1-5(14)15-9-4-13-10-7(9)2-6(11)3-8(10)12/h2-4,13H,1H3. The fourth-order valence-electron chi connectivity index (χ4n) is 1.37. The van der Waals surface area contributed by atoms with Crippen LogP contribution in [0.1, 0.15) is 6.92 Å². The van der Waals surface area contributed by atoms with E-state index in [1.54, 1.807) is 6.20 Å². The molecule has 0 amide bonds. The Balaban J connectivity index is 2.63. The first kappa shape index (κ1) is 10.7. The number of carbonyl (C=O) groups excluding carboxylic acids is 1. The molecule has 15 heavy (non-hydrogen) atoms. The fraction of sp³-hybridized carbons (Fsp3) is 0.100. The smallest absolute Gasteiger partial charge is 0.308 e. The minimum atomic E-state index is -0.327. The molecule has 3 nitrogen and oxygen atoms in total. The Morgan fingerprint density at radius 1 is 1.40 bits per heavy atom. The van der Waals surface area contributed by atoms with Gasteiger partial charge in [-0.25, -0.2) is 0 Å². The van der Waals surface area contributed by atoms with Gasteiger partial charge in [0.15, 0.2) is 5.75 Å². The summed E-state index contributed by atoms with van der Waals surface area (Å²) < 4.78 is 6.91. The first-order valence-electron chi connectivity index (χ1n) is 4.22. The zero-order chi connectivity index (χ0) is 11.0. The second-order valence-electron chi connectivity index (χ2n) is 3.06. The van der Waals surface area contributed by atoms with Crippen LogP contribution in [-0.4, -0.2) is 11.0 Å². The fourth-order valence-corrected chi connectivity index (χ4v) is 2.71. The Kier molecular flexibility index (Phi) is 2.84. The van der Waals surface area contributed by atoms with E-state index >= 15 is 0 Å². The van der Waals surface area contributed by atoms with E-state index in [0.29, 0.717) is 5.75 Å². The number of carbonyl (C=O) groups is 1. The zero-order valence-corrected chi connectivity index (χ0v) is 11.0. The van der Waals surface area contributed by atoms with Crippen LogP contribution in [0.5, 0.6) is 5.75 Å². The Morgan fingerprint density at radius 3 is 2.80 bits per heavy atom. The molecule has 0 spiro atoms. The minimum Gasteiger partial charge on any atom is -0.424 e. The molecule has 0 aliphatic heterocycles. The van der Waals surface area contributed by atoms with Crippen molar-refractivity contribution in [2.45, 2.75) is 6.92 Å². The predicted octanol–water partition coefficient (Wildman–Crippen LogP) is 3.62. The average Bonchev–Trinajstić information content (AvgIpc) is 2.48. The first-order chi connectivity index (χ1) is 7.08. The van der Waals surface area contributed by atoms with Gasteiger partial charge in [-0.15, -0.1) is 0 Å². The highest BCUT2D eigenvalue weighted by atomic mass is 79.9. The second kappa shape index (κ2) is 3.98. The number of H-pyrrole nitrogens is 1. The number of halogens is 2. The third-order valence-electron chi connectivity index (χ3n) is 1.92. The van der Waals surface area contributed by atoms with Crippen LogP contribution in [0.25, 0.3) is 10.9 Å². The van der Waals surface area contributed by atoms with E-state index in [9.17, 15) is 4.79 Å². The van der Waals surface area contributed by atoms with Crippen molar-refractivity contribution in [1.82, 2.24) is 4.98 Å². The number of nitrogens with one attached hydrogen (secondary N) is 1. The molecule has 0 atom stereocenters. The van der Waals surface area contributed by atoms with Gasteiger partial charge in [0, 0.05) is 27.5 Å². The summed E-state index contributed by atoms with van der Waals surface area (Å²) in [7, 11) is 0. The van der Waals surface area contributed by atoms with Gasteiger partial charge in [0.05, 0.1) is 5.52 Å². The lowest BCUT2D eigenvalue weighted by Gasteiger charge is -2.00. The largest absolute Gasteiger partial charge is 0.424 e. The van der Waals surface area contributed by atoms with Crippen LogP contribution in [0.2, 0.25) is 0 Å². The van der Waals surface area contributed by atoms with E-state index in [0.717, 1.165) is 19.8 Å². The minimum absolute atomic E-state index is 0.327. The molecule has 1 heterocycles. The van der Waals surface area contributed by atoms with Crippen LogP contribution in [0.3, 0.4) is 0 Å². The van der Waals surface area contributed by atoms with Crippen LogP contribution in [-0.2, 0) is 4.79 Å². The molecular weight excluding hydrogens is 326 g/mol. The molecule has 2 aromatic rings. The number of ether oxygens (including phenoxy) is 1. The molecule has 0 unspecified atom stereocenters. The highest BCUT2D eigenvalue weighted by molar-refractivity contribution is 9.11. The summed E-state index contributed by atoms with van der Waals surface area (Å²) >= 11 is 6.81. The van der Waals surface area contributed by atoms with Crippen molar-refractivity contribution in [2.75, 3.05) is 0 Å². The van der Waals surface area contributed by atoms with Crippen molar-refractivity contribution in [3.05, 3.63) is 27.3 Å². The number of hydrogen-bond donors (Lipinski definition) is 1. The van der Waals surface area contributed by atoms with Crippen LogP contribution in [0.15, 0.2) is 27.3 Å². The lowest BCUT2D eigenvalue weighted by molar-refractivity contribution is -0.131. The van der Waals surface area contributed by atoms with E-state index in [-0.39, 0.29) is 5.97 Å². The monoisotopic (exact) mass is 331 g/mol. The van der Waals surface area contributed by atoms with Crippen molar-refractivity contribution in [3.8, 4) is 5.75 Å². The van der Waals surface area contributed by atoms with Crippen molar-refractivity contribution in [1.29, 1.82) is 0 Å². The molecule has 0 saturated carbocycles. The van der Waals surface area contributed by atoms with Crippen LogP contribution in [0, 0.1) is 0 Å². The van der Waals surface area contributed by atoms with Gasteiger partial charge in [0.25, 0.3) is 0 Å². The summed E-state index contributed by atoms with van der Waals surface area (Å²) in [6.07, 6.45) is 1.67. The number of hydrogen-bond acceptors (Lipinski definition) is 2. The maximum Gasteiger partial charge on any atom is 0.308 e. The average molecular weight is 333 g/mol. The number of esters is 1. The molecule has 2 rings (SSSR count). The Hall–Kier alpha value is -0.810. The van der Waals surface area contributed by atoms with Gasteiger partial charge in [-0.1, -0.05) is 15.9 Å². The molecule has 0 aliphatic rings. The molecule has 0 radical (unpaired) electrons. The van der Waals surface area contributed by atoms with E-state index in [2.05, 4.69) is 36.8 Å². The number of fused-ring (bicyclic) bond motifs is 1. The van der Waals surface area contributed by atoms with Gasteiger partial charge < -0.3 is 9.72 Å². The number of aromatic amines is 1. The van der Waals surface area contributed by atoms with Gasteiger partial charge >= 0.3 is 5.97 Å². The molecule has 1 aromatic heterocycles. The lowest BCUT2D eigenvalue weighted by Crippen LogP contribution is -2.00. The summed E-state index contributed by atoms with van der Waals surface area (Å²) in [4.78, 5) is 13.9. The van der Waals surface area contributed by atoms with Crippen molar-refractivity contribution < 1.29 is 9.53 Å². The summed E-state index contributed by atoms with van der Waals surface area (Å²) in [5.41, 5.74) is 0.912. The first-order valence-corrected chi connectivity index (χ1v) is 5.81. The molecule has 5 heteroatoms. The van der Waals surface area contributed by atoms with E-state index in [4.69, 9.17) is 4.74 Å². The molecule has 0 aliphatic carbocycles. The normalized spacial score (nSPS) is 10.6. The maximum atomic E-state index is 10.9. The summed E-state index contributed by atoms with van der Waals surface area (Å²) in [6.45, 7) is 1.38. The SMILES string of the molecule is CC(=O)Oc1c[nH]c2c(Br)cc(Br)cc12. The predicted molar refractivity (Wildman–Crippen MR) is 65.0 cm³/mol. The molecule has 78 valence electrons. The van der Waals surface area contributed by atoms with Crippen LogP contribution < -0.4 is 4.74 Å². The maximum absolute atomic E-state index is 10.9. The Labute approximate surface area is 103 Å². The molecule has 0 fully saturated rings. The van der Waals surface area contributed by atoms with Crippen LogP contribution >= 0.6 is 31.9 Å². The molecular formula is C10H7Br2NO2. The van der Waals surface area contributed by atoms with Gasteiger partial charge in [-0.2, -0.15) is 0 Å². The van der Waals surface area contributed by atoms with Crippen molar-refractivity contribution in [2.24, 2.45) is 0 Å². The van der Waals surface area contributed by atoms with Gasteiger partial charge in [-0.3, -0.25) is 4.79 Å². The van der Waals surface area contributed by atoms with Gasteiger partial charge in [-0.05, 0) is 28.1 Å². The summed E-state index contributed by atoms with van der Waals surface area (Å²) in [5.74, 6) is 0.214. The molecule has 0 bridgehead atoms. The molecule has 1 aromatic carbocycles. The lowest BCUT2D eigenvalue weighted by atomic mass is 10.2. The van der Waals surface area contributed by atoms with Crippen LogP contribution in [0.4, 0.5) is 0 Å². The highest BCUT2D eigenvalue weighted by Crippen LogP contribution is 2.33. The highest BCUT2D eigenvalue weighted by Gasteiger charge is 2.10. The number of benzene rings is 1. The van der Waals surface area contributed by atoms with Gasteiger partial charge in [0.1, 0.15) is 0 Å². The zero-order valence-electron chi connectivity index (χ0n) is 7.80. The van der Waals surface area contributed by atoms with E-state index < -0.39 is 0 Å². The second-order valence-corrected chi connectivity index (χ2v) is 4.83. The Morgan fingerprint density at radius 2 is 2.13 bits per heavy atom. The molecule has 1 N–H and O–H groups in total. The summed E-state index contributed by atoms with van der Waals surface area (Å²) in [5, 5.41) is 0.867. The Bertz CT molecular complexity index is 533. The third-order valence-corrected chi connectivity index (χ3v) is 3.01. The quantitative estimate of drug-likeness (QED) is 0.810. The number of aromatic nitrogens is 1. The van der Waals surface area contributed by atoms with Gasteiger partial charge in [0.2, 0.25) is 0 Å². The van der Waals surface area contributed by atoms with Crippen molar-refractivity contribution in [3.63, 3.8) is 0 Å². The topological polar surface area (TPSA) is 42.1 Å². The molecule has 0 saturated heterocycles.